The number of aryl methyl sites for hydroxylation is 1. The fourth-order valence-electron chi connectivity index (χ4n) is 2.56. The fourth-order valence-corrected chi connectivity index (χ4v) is 2.56. The van der Waals surface area contributed by atoms with Crippen molar-refractivity contribution in [2.24, 2.45) is 5.73 Å². The molecule has 3 heteroatoms. The van der Waals surface area contributed by atoms with Gasteiger partial charge in [0.05, 0.1) is 0 Å². The highest BCUT2D eigenvalue weighted by Crippen LogP contribution is 2.23. The normalized spacial score (nSPS) is 19.6. The number of hydrogen-bond donors (Lipinski definition) is 1. The summed E-state index contributed by atoms with van der Waals surface area (Å²) in [7, 11) is 0. The molecule has 17 heavy (non-hydrogen) atoms. The Hall–Kier alpha value is -1.35. The van der Waals surface area contributed by atoms with E-state index in [0.717, 1.165) is 36.9 Å². The van der Waals surface area contributed by atoms with E-state index in [0.29, 0.717) is 12.6 Å². The molecule has 2 rings (SSSR count). The van der Waals surface area contributed by atoms with Crippen LogP contribution in [0.25, 0.3) is 0 Å². The van der Waals surface area contributed by atoms with E-state index >= 15 is 0 Å². The molecular formula is C14H20N2O. The summed E-state index contributed by atoms with van der Waals surface area (Å²) < 4.78 is 0. The van der Waals surface area contributed by atoms with Gasteiger partial charge in [0, 0.05) is 18.2 Å². The standard InChI is InChI=1S/C14H20N2O/c1-11-5-2-3-7-13(11)14(17)16-10-4-6-12(16)8-9-15/h2-3,5,7,12H,4,6,8-10,15H2,1H3. The van der Waals surface area contributed by atoms with Crippen LogP contribution in [0.15, 0.2) is 24.3 Å². The molecule has 2 N–H and O–H groups in total. The van der Waals surface area contributed by atoms with Gasteiger partial charge in [-0.25, -0.2) is 0 Å². The van der Waals surface area contributed by atoms with Crippen LogP contribution in [0.5, 0.6) is 0 Å². The Morgan fingerprint density at radius 2 is 2.24 bits per heavy atom. The average Bonchev–Trinajstić information content (AvgIpc) is 2.78. The number of carbonyl (C=O) groups is 1. The predicted molar refractivity (Wildman–Crippen MR) is 68.9 cm³/mol. The smallest absolute Gasteiger partial charge is 0.254 e. The lowest BCUT2D eigenvalue weighted by molar-refractivity contribution is 0.0731. The number of benzene rings is 1. The van der Waals surface area contributed by atoms with Crippen molar-refractivity contribution in [3.8, 4) is 0 Å². The summed E-state index contributed by atoms with van der Waals surface area (Å²) in [5, 5.41) is 0. The van der Waals surface area contributed by atoms with Crippen LogP contribution < -0.4 is 5.73 Å². The van der Waals surface area contributed by atoms with Crippen molar-refractivity contribution in [2.45, 2.75) is 32.2 Å². The van der Waals surface area contributed by atoms with Crippen LogP contribution in [0, 0.1) is 6.92 Å². The molecule has 1 aliphatic rings. The second kappa shape index (κ2) is 5.32. The summed E-state index contributed by atoms with van der Waals surface area (Å²) in [5.74, 6) is 0.166. The van der Waals surface area contributed by atoms with Crippen LogP contribution in [0.1, 0.15) is 35.2 Å². The number of nitrogens with two attached hydrogens (primary N) is 1. The Labute approximate surface area is 103 Å². The van der Waals surface area contributed by atoms with Crippen molar-refractivity contribution in [3.63, 3.8) is 0 Å². The zero-order valence-electron chi connectivity index (χ0n) is 10.4. The lowest BCUT2D eigenvalue weighted by Crippen LogP contribution is -2.37. The number of likely N-dealkylation sites (tertiary alicyclic amines) is 1. The van der Waals surface area contributed by atoms with Crippen molar-refractivity contribution in [1.82, 2.24) is 4.90 Å². The minimum atomic E-state index is 0.166. The first-order chi connectivity index (χ1) is 8.24. The molecule has 0 saturated carbocycles. The van der Waals surface area contributed by atoms with Crippen molar-refractivity contribution < 1.29 is 4.79 Å². The van der Waals surface area contributed by atoms with E-state index in [1.807, 2.05) is 36.1 Å². The van der Waals surface area contributed by atoms with E-state index in [1.54, 1.807) is 0 Å². The molecule has 92 valence electrons. The SMILES string of the molecule is Cc1ccccc1C(=O)N1CCCC1CCN. The summed E-state index contributed by atoms with van der Waals surface area (Å²) in [6.07, 6.45) is 3.11. The van der Waals surface area contributed by atoms with Crippen LogP contribution >= 0.6 is 0 Å². The average molecular weight is 232 g/mol. The maximum Gasteiger partial charge on any atom is 0.254 e. The Bertz CT molecular complexity index is 403. The zero-order chi connectivity index (χ0) is 12.3. The highest BCUT2D eigenvalue weighted by Gasteiger charge is 2.29. The molecule has 1 unspecified atom stereocenters. The molecule has 0 radical (unpaired) electrons. The summed E-state index contributed by atoms with van der Waals surface area (Å²) in [5.41, 5.74) is 7.48. The lowest BCUT2D eigenvalue weighted by Gasteiger charge is -2.25. The topological polar surface area (TPSA) is 46.3 Å². The van der Waals surface area contributed by atoms with E-state index in [-0.39, 0.29) is 5.91 Å². The van der Waals surface area contributed by atoms with Gasteiger partial charge in [-0.1, -0.05) is 18.2 Å². The van der Waals surface area contributed by atoms with Crippen LogP contribution in [-0.2, 0) is 0 Å². The molecule has 1 saturated heterocycles. The molecular weight excluding hydrogens is 212 g/mol. The quantitative estimate of drug-likeness (QED) is 0.865. The second-order valence-corrected chi connectivity index (χ2v) is 4.69. The van der Waals surface area contributed by atoms with Gasteiger partial charge in [0.2, 0.25) is 0 Å². The van der Waals surface area contributed by atoms with Gasteiger partial charge in [-0.3, -0.25) is 4.79 Å². The number of carbonyl (C=O) groups excluding carboxylic acids is 1. The molecule has 1 atom stereocenters. The Balaban J connectivity index is 2.17. The van der Waals surface area contributed by atoms with E-state index in [2.05, 4.69) is 0 Å². The molecule has 1 aliphatic heterocycles. The van der Waals surface area contributed by atoms with Gasteiger partial charge in [-0.05, 0) is 44.4 Å². The van der Waals surface area contributed by atoms with Crippen LogP contribution in [0.4, 0.5) is 0 Å². The van der Waals surface area contributed by atoms with Gasteiger partial charge < -0.3 is 10.6 Å². The second-order valence-electron chi connectivity index (χ2n) is 4.69. The maximum atomic E-state index is 12.4. The van der Waals surface area contributed by atoms with Crippen LogP contribution in [0.2, 0.25) is 0 Å². The monoisotopic (exact) mass is 232 g/mol. The highest BCUT2D eigenvalue weighted by atomic mass is 16.2. The van der Waals surface area contributed by atoms with E-state index in [9.17, 15) is 4.79 Å². The summed E-state index contributed by atoms with van der Waals surface area (Å²) in [6, 6.07) is 8.13. The van der Waals surface area contributed by atoms with E-state index in [1.165, 1.54) is 0 Å². The molecule has 0 aromatic heterocycles. The number of rotatable bonds is 3. The Kier molecular flexibility index (Phi) is 3.79. The van der Waals surface area contributed by atoms with Gasteiger partial charge in [-0.15, -0.1) is 0 Å². The third-order valence-electron chi connectivity index (χ3n) is 3.51. The summed E-state index contributed by atoms with van der Waals surface area (Å²) >= 11 is 0. The van der Waals surface area contributed by atoms with Crippen molar-refractivity contribution in [2.75, 3.05) is 13.1 Å². The fraction of sp³-hybridized carbons (Fsp3) is 0.500. The number of amides is 1. The minimum Gasteiger partial charge on any atom is -0.336 e. The molecule has 3 nitrogen and oxygen atoms in total. The van der Waals surface area contributed by atoms with E-state index in [4.69, 9.17) is 5.73 Å². The lowest BCUT2D eigenvalue weighted by atomic mass is 10.1. The Morgan fingerprint density at radius 3 is 2.94 bits per heavy atom. The van der Waals surface area contributed by atoms with Gasteiger partial charge in [-0.2, -0.15) is 0 Å². The van der Waals surface area contributed by atoms with Crippen LogP contribution in [0.3, 0.4) is 0 Å². The summed E-state index contributed by atoms with van der Waals surface area (Å²) in [4.78, 5) is 14.4. The third-order valence-corrected chi connectivity index (χ3v) is 3.51. The first kappa shape index (κ1) is 12.1. The number of nitrogens with zero attached hydrogens (tertiary/aromatic N) is 1. The van der Waals surface area contributed by atoms with Crippen molar-refractivity contribution >= 4 is 5.91 Å². The first-order valence-electron chi connectivity index (χ1n) is 6.30. The van der Waals surface area contributed by atoms with Crippen LogP contribution in [-0.4, -0.2) is 29.9 Å². The minimum absolute atomic E-state index is 0.166. The van der Waals surface area contributed by atoms with E-state index < -0.39 is 0 Å². The van der Waals surface area contributed by atoms with Gasteiger partial charge in [0.1, 0.15) is 0 Å². The third kappa shape index (κ3) is 2.50. The van der Waals surface area contributed by atoms with Gasteiger partial charge in [0.15, 0.2) is 0 Å². The van der Waals surface area contributed by atoms with Crippen molar-refractivity contribution in [3.05, 3.63) is 35.4 Å². The molecule has 1 aromatic carbocycles. The molecule has 1 fully saturated rings. The highest BCUT2D eigenvalue weighted by molar-refractivity contribution is 5.96. The zero-order valence-corrected chi connectivity index (χ0v) is 10.4. The van der Waals surface area contributed by atoms with Crippen molar-refractivity contribution in [1.29, 1.82) is 0 Å². The molecule has 1 amide bonds. The number of hydrogen-bond acceptors (Lipinski definition) is 2. The molecule has 1 heterocycles. The largest absolute Gasteiger partial charge is 0.336 e. The van der Waals surface area contributed by atoms with Gasteiger partial charge >= 0.3 is 0 Å². The molecule has 0 bridgehead atoms. The predicted octanol–water partition coefficient (Wildman–Crippen LogP) is 1.95. The molecule has 1 aromatic rings. The first-order valence-corrected chi connectivity index (χ1v) is 6.30. The Morgan fingerprint density at radius 1 is 1.47 bits per heavy atom. The molecule has 0 spiro atoms. The van der Waals surface area contributed by atoms with Gasteiger partial charge in [0.25, 0.3) is 5.91 Å². The summed E-state index contributed by atoms with van der Waals surface area (Å²) in [6.45, 7) is 3.52. The molecule has 0 aliphatic carbocycles. The maximum absolute atomic E-state index is 12.4.